The van der Waals surface area contributed by atoms with Crippen molar-refractivity contribution in [3.8, 4) is 0 Å². The topological polar surface area (TPSA) is 32.3 Å². The number of nitrogens with one attached hydrogen (secondary N) is 1. The third-order valence-electron chi connectivity index (χ3n) is 3.05. The maximum atomic E-state index is 12.9. The predicted molar refractivity (Wildman–Crippen MR) is 56.9 cm³/mol. The van der Waals surface area contributed by atoms with Crippen LogP contribution in [0.3, 0.4) is 0 Å². The summed E-state index contributed by atoms with van der Waals surface area (Å²) < 4.78 is 25.5. The number of rotatable bonds is 4. The van der Waals surface area contributed by atoms with Crippen molar-refractivity contribution in [1.29, 1.82) is 0 Å². The van der Waals surface area contributed by atoms with Gasteiger partial charge in [-0.15, -0.1) is 0 Å². The Labute approximate surface area is 93.3 Å². The zero-order valence-corrected chi connectivity index (χ0v) is 8.97. The second kappa shape index (κ2) is 4.47. The summed E-state index contributed by atoms with van der Waals surface area (Å²) in [7, 11) is 0. The van der Waals surface area contributed by atoms with Gasteiger partial charge in [-0.1, -0.05) is 6.07 Å². The third kappa shape index (κ3) is 2.57. The zero-order chi connectivity index (χ0) is 11.6. The van der Waals surface area contributed by atoms with E-state index >= 15 is 0 Å². The first-order valence-electron chi connectivity index (χ1n) is 5.46. The fourth-order valence-corrected chi connectivity index (χ4v) is 1.85. The molecule has 0 radical (unpaired) electrons. The van der Waals surface area contributed by atoms with E-state index in [0.717, 1.165) is 25.3 Å². The molecule has 1 fully saturated rings. The molecule has 0 bridgehead atoms. The molecule has 2 nitrogen and oxygen atoms in total. The lowest BCUT2D eigenvalue weighted by Crippen LogP contribution is -2.45. The highest BCUT2D eigenvalue weighted by Gasteiger charge is 2.33. The monoisotopic (exact) mass is 227 g/mol. The van der Waals surface area contributed by atoms with E-state index in [2.05, 4.69) is 5.32 Å². The lowest BCUT2D eigenvalue weighted by atomic mass is 9.80. The third-order valence-corrected chi connectivity index (χ3v) is 3.05. The SMILES string of the molecule is OC1(CNCc2ccc(F)c(F)c2)CCC1. The maximum absolute atomic E-state index is 12.9. The Kier molecular flexibility index (Phi) is 3.21. The molecule has 0 atom stereocenters. The van der Waals surface area contributed by atoms with Crippen molar-refractivity contribution in [2.45, 2.75) is 31.4 Å². The van der Waals surface area contributed by atoms with E-state index in [1.807, 2.05) is 0 Å². The van der Waals surface area contributed by atoms with E-state index in [1.165, 1.54) is 12.1 Å². The van der Waals surface area contributed by atoms with Crippen LogP contribution in [0.2, 0.25) is 0 Å². The number of hydrogen-bond acceptors (Lipinski definition) is 2. The molecule has 0 unspecified atom stereocenters. The molecular formula is C12H15F2NO. The molecule has 4 heteroatoms. The van der Waals surface area contributed by atoms with Crippen LogP contribution in [0.1, 0.15) is 24.8 Å². The van der Waals surface area contributed by atoms with Gasteiger partial charge in [0.2, 0.25) is 0 Å². The summed E-state index contributed by atoms with van der Waals surface area (Å²) in [4.78, 5) is 0. The van der Waals surface area contributed by atoms with Gasteiger partial charge in [-0.25, -0.2) is 8.78 Å². The summed E-state index contributed by atoms with van der Waals surface area (Å²) in [6.07, 6.45) is 2.69. The van der Waals surface area contributed by atoms with Gasteiger partial charge in [-0.2, -0.15) is 0 Å². The Bertz CT molecular complexity index is 377. The quantitative estimate of drug-likeness (QED) is 0.824. The molecule has 2 rings (SSSR count). The summed E-state index contributed by atoms with van der Waals surface area (Å²) >= 11 is 0. The molecular weight excluding hydrogens is 212 g/mol. The predicted octanol–water partition coefficient (Wildman–Crippen LogP) is 1.97. The number of hydrogen-bond donors (Lipinski definition) is 2. The molecule has 0 spiro atoms. The highest BCUT2D eigenvalue weighted by molar-refractivity contribution is 5.17. The van der Waals surface area contributed by atoms with Crippen molar-refractivity contribution in [2.24, 2.45) is 0 Å². The van der Waals surface area contributed by atoms with E-state index in [-0.39, 0.29) is 0 Å². The van der Waals surface area contributed by atoms with Crippen molar-refractivity contribution in [3.63, 3.8) is 0 Å². The Balaban J connectivity index is 1.83. The van der Waals surface area contributed by atoms with Gasteiger partial charge in [0, 0.05) is 13.1 Å². The average Bonchev–Trinajstić information content (AvgIpc) is 2.21. The van der Waals surface area contributed by atoms with Crippen LogP contribution in [0, 0.1) is 11.6 Å². The van der Waals surface area contributed by atoms with Crippen LogP contribution in [-0.4, -0.2) is 17.3 Å². The second-order valence-electron chi connectivity index (χ2n) is 4.43. The average molecular weight is 227 g/mol. The summed E-state index contributed by atoms with van der Waals surface area (Å²) in [5, 5.41) is 12.8. The lowest BCUT2D eigenvalue weighted by molar-refractivity contribution is -0.0314. The second-order valence-corrected chi connectivity index (χ2v) is 4.43. The van der Waals surface area contributed by atoms with Gasteiger partial charge < -0.3 is 10.4 Å². The van der Waals surface area contributed by atoms with Gasteiger partial charge >= 0.3 is 0 Å². The molecule has 0 saturated heterocycles. The Morgan fingerprint density at radius 2 is 2.00 bits per heavy atom. The van der Waals surface area contributed by atoms with Crippen LogP contribution in [0.4, 0.5) is 8.78 Å². The van der Waals surface area contributed by atoms with Crippen LogP contribution in [0.5, 0.6) is 0 Å². The zero-order valence-electron chi connectivity index (χ0n) is 8.97. The van der Waals surface area contributed by atoms with Gasteiger partial charge in [0.15, 0.2) is 11.6 Å². The van der Waals surface area contributed by atoms with E-state index in [0.29, 0.717) is 18.7 Å². The molecule has 1 aliphatic rings. The van der Waals surface area contributed by atoms with Crippen molar-refractivity contribution >= 4 is 0 Å². The summed E-state index contributed by atoms with van der Waals surface area (Å²) in [5.74, 6) is -1.66. The van der Waals surface area contributed by atoms with Crippen LogP contribution in [0.15, 0.2) is 18.2 Å². The fraction of sp³-hybridized carbons (Fsp3) is 0.500. The minimum absolute atomic E-state index is 0.444. The highest BCUT2D eigenvalue weighted by Crippen LogP contribution is 2.30. The largest absolute Gasteiger partial charge is 0.389 e. The van der Waals surface area contributed by atoms with E-state index in [1.54, 1.807) is 0 Å². The standard InChI is InChI=1S/C12H15F2NO/c13-10-3-2-9(6-11(10)14)7-15-8-12(16)4-1-5-12/h2-3,6,15-16H,1,4-5,7-8H2. The first-order chi connectivity index (χ1) is 7.59. The van der Waals surface area contributed by atoms with Gasteiger partial charge in [-0.3, -0.25) is 0 Å². The maximum Gasteiger partial charge on any atom is 0.159 e. The Morgan fingerprint density at radius 3 is 2.56 bits per heavy atom. The first kappa shape index (κ1) is 11.5. The van der Waals surface area contributed by atoms with Crippen molar-refractivity contribution in [2.75, 3.05) is 6.54 Å². The smallest absolute Gasteiger partial charge is 0.159 e. The van der Waals surface area contributed by atoms with Gasteiger partial charge in [0.05, 0.1) is 5.60 Å². The molecule has 1 aliphatic carbocycles. The molecule has 2 N–H and O–H groups in total. The number of aliphatic hydroxyl groups is 1. The van der Waals surface area contributed by atoms with Crippen molar-refractivity contribution < 1.29 is 13.9 Å². The summed E-state index contributed by atoms with van der Waals surface area (Å²) in [6, 6.07) is 3.83. The molecule has 0 heterocycles. The van der Waals surface area contributed by atoms with Crippen LogP contribution < -0.4 is 5.32 Å². The molecule has 1 aromatic rings. The molecule has 0 aromatic heterocycles. The molecule has 1 aromatic carbocycles. The summed E-state index contributed by atoms with van der Waals surface area (Å²) in [5.41, 5.74) is 0.0975. The fourth-order valence-electron chi connectivity index (χ4n) is 1.85. The van der Waals surface area contributed by atoms with Gasteiger partial charge in [-0.05, 0) is 37.0 Å². The Hall–Kier alpha value is -1.00. The van der Waals surface area contributed by atoms with E-state index in [4.69, 9.17) is 0 Å². The molecule has 88 valence electrons. The van der Waals surface area contributed by atoms with Crippen molar-refractivity contribution in [1.82, 2.24) is 5.32 Å². The van der Waals surface area contributed by atoms with Crippen molar-refractivity contribution in [3.05, 3.63) is 35.4 Å². The first-order valence-corrected chi connectivity index (χ1v) is 5.46. The van der Waals surface area contributed by atoms with Gasteiger partial charge in [0.1, 0.15) is 0 Å². The molecule has 16 heavy (non-hydrogen) atoms. The molecule has 1 saturated carbocycles. The van der Waals surface area contributed by atoms with E-state index < -0.39 is 17.2 Å². The minimum atomic E-state index is -0.832. The van der Waals surface area contributed by atoms with E-state index in [9.17, 15) is 13.9 Å². The number of halogens is 2. The van der Waals surface area contributed by atoms with Crippen LogP contribution >= 0.6 is 0 Å². The normalized spacial score (nSPS) is 18.2. The van der Waals surface area contributed by atoms with Crippen LogP contribution in [-0.2, 0) is 6.54 Å². The highest BCUT2D eigenvalue weighted by atomic mass is 19.2. The lowest BCUT2D eigenvalue weighted by Gasteiger charge is -2.36. The van der Waals surface area contributed by atoms with Gasteiger partial charge in [0.25, 0.3) is 0 Å². The minimum Gasteiger partial charge on any atom is -0.389 e. The number of benzene rings is 1. The molecule has 0 aliphatic heterocycles. The summed E-state index contributed by atoms with van der Waals surface area (Å²) in [6.45, 7) is 0.950. The molecule has 0 amide bonds. The Morgan fingerprint density at radius 1 is 1.25 bits per heavy atom. The van der Waals surface area contributed by atoms with Crippen LogP contribution in [0.25, 0.3) is 0 Å².